The van der Waals surface area contributed by atoms with Gasteiger partial charge in [0, 0.05) is 17.1 Å². The number of benzene rings is 1. The molecule has 1 aromatic carbocycles. The molecule has 0 heterocycles. The van der Waals surface area contributed by atoms with E-state index in [4.69, 9.17) is 9.84 Å². The van der Waals surface area contributed by atoms with Gasteiger partial charge in [0.1, 0.15) is 5.75 Å². The molecule has 3 N–H and O–H groups in total. The van der Waals surface area contributed by atoms with Gasteiger partial charge in [-0.05, 0) is 38.5 Å². The standard InChI is InChI=1S/C13H19BrN2O3/c1-3-19-12-5-4-10(14)8-11(12)16-13(18)15-9(2)6-7-17/h4-5,8-9,17H,3,6-7H2,1-2H3,(H2,15,16,18). The van der Waals surface area contributed by atoms with Crippen LogP contribution in [0.25, 0.3) is 0 Å². The van der Waals surface area contributed by atoms with Crippen LogP contribution in [0.3, 0.4) is 0 Å². The summed E-state index contributed by atoms with van der Waals surface area (Å²) in [6, 6.07) is 5.01. The molecular weight excluding hydrogens is 312 g/mol. The Morgan fingerprint density at radius 1 is 1.53 bits per heavy atom. The first kappa shape index (κ1) is 15.8. The van der Waals surface area contributed by atoms with Crippen LogP contribution in [0.1, 0.15) is 20.3 Å². The lowest BCUT2D eigenvalue weighted by molar-refractivity contribution is 0.241. The molecule has 106 valence electrons. The van der Waals surface area contributed by atoms with Gasteiger partial charge in [0.25, 0.3) is 0 Å². The van der Waals surface area contributed by atoms with E-state index in [2.05, 4.69) is 26.6 Å². The molecule has 0 radical (unpaired) electrons. The number of aliphatic hydroxyl groups excluding tert-OH is 1. The first-order valence-electron chi connectivity index (χ1n) is 6.17. The minimum Gasteiger partial charge on any atom is -0.492 e. The second-order valence-electron chi connectivity index (χ2n) is 4.09. The third-order valence-electron chi connectivity index (χ3n) is 2.43. The molecule has 0 fully saturated rings. The minimum absolute atomic E-state index is 0.0442. The minimum atomic E-state index is -0.319. The highest BCUT2D eigenvalue weighted by atomic mass is 79.9. The van der Waals surface area contributed by atoms with Crippen molar-refractivity contribution < 1.29 is 14.6 Å². The topological polar surface area (TPSA) is 70.6 Å². The molecule has 0 bridgehead atoms. The number of rotatable bonds is 6. The quantitative estimate of drug-likeness (QED) is 0.751. The van der Waals surface area contributed by atoms with Crippen molar-refractivity contribution in [2.24, 2.45) is 0 Å². The summed E-state index contributed by atoms with van der Waals surface area (Å²) in [5, 5.41) is 14.3. The smallest absolute Gasteiger partial charge is 0.319 e. The molecule has 0 aromatic heterocycles. The van der Waals surface area contributed by atoms with E-state index in [1.807, 2.05) is 19.9 Å². The van der Waals surface area contributed by atoms with Gasteiger partial charge in [-0.25, -0.2) is 4.79 Å². The van der Waals surface area contributed by atoms with Crippen molar-refractivity contribution >= 4 is 27.6 Å². The van der Waals surface area contributed by atoms with Gasteiger partial charge in [-0.15, -0.1) is 0 Å². The average molecular weight is 331 g/mol. The number of hydrogen-bond acceptors (Lipinski definition) is 3. The highest BCUT2D eigenvalue weighted by Crippen LogP contribution is 2.28. The zero-order valence-corrected chi connectivity index (χ0v) is 12.7. The Morgan fingerprint density at radius 2 is 2.26 bits per heavy atom. The van der Waals surface area contributed by atoms with E-state index in [1.165, 1.54) is 0 Å². The number of amides is 2. The summed E-state index contributed by atoms with van der Waals surface area (Å²) in [7, 11) is 0. The lowest BCUT2D eigenvalue weighted by atomic mass is 10.2. The molecule has 2 amide bonds. The van der Waals surface area contributed by atoms with Crippen molar-refractivity contribution in [2.75, 3.05) is 18.5 Å². The molecule has 6 heteroatoms. The Morgan fingerprint density at radius 3 is 2.89 bits per heavy atom. The van der Waals surface area contributed by atoms with Crippen molar-refractivity contribution in [3.63, 3.8) is 0 Å². The third-order valence-corrected chi connectivity index (χ3v) is 2.92. The average Bonchev–Trinajstić information content (AvgIpc) is 2.32. The molecule has 5 nitrogen and oxygen atoms in total. The number of hydrogen-bond donors (Lipinski definition) is 3. The molecule has 1 unspecified atom stereocenters. The van der Waals surface area contributed by atoms with Crippen LogP contribution in [0.2, 0.25) is 0 Å². The summed E-state index contributed by atoms with van der Waals surface area (Å²) in [5.41, 5.74) is 0.602. The van der Waals surface area contributed by atoms with E-state index in [0.29, 0.717) is 24.5 Å². The van der Waals surface area contributed by atoms with Gasteiger partial charge in [0.2, 0.25) is 0 Å². The van der Waals surface area contributed by atoms with Crippen LogP contribution in [0, 0.1) is 0 Å². The Balaban J connectivity index is 2.69. The maximum atomic E-state index is 11.8. The van der Waals surface area contributed by atoms with Crippen LogP contribution < -0.4 is 15.4 Å². The van der Waals surface area contributed by atoms with Gasteiger partial charge in [-0.2, -0.15) is 0 Å². The van der Waals surface area contributed by atoms with E-state index in [1.54, 1.807) is 12.1 Å². The fourth-order valence-corrected chi connectivity index (χ4v) is 1.89. The molecule has 1 rings (SSSR count). The zero-order valence-electron chi connectivity index (χ0n) is 11.1. The number of halogens is 1. The van der Waals surface area contributed by atoms with Crippen molar-refractivity contribution in [3.05, 3.63) is 22.7 Å². The van der Waals surface area contributed by atoms with Gasteiger partial charge in [-0.3, -0.25) is 0 Å². The number of carbonyl (C=O) groups excluding carboxylic acids is 1. The number of nitrogens with one attached hydrogen (secondary N) is 2. The van der Waals surface area contributed by atoms with Crippen LogP contribution in [0.4, 0.5) is 10.5 Å². The monoisotopic (exact) mass is 330 g/mol. The molecule has 0 aliphatic carbocycles. The van der Waals surface area contributed by atoms with Gasteiger partial charge in [-0.1, -0.05) is 15.9 Å². The predicted molar refractivity (Wildman–Crippen MR) is 78.6 cm³/mol. The van der Waals surface area contributed by atoms with Crippen molar-refractivity contribution in [1.82, 2.24) is 5.32 Å². The molecule has 19 heavy (non-hydrogen) atoms. The second-order valence-corrected chi connectivity index (χ2v) is 5.00. The Hall–Kier alpha value is -1.27. The molecule has 1 aromatic rings. The number of carbonyl (C=O) groups is 1. The predicted octanol–water partition coefficient (Wildman–Crippen LogP) is 2.74. The first-order valence-corrected chi connectivity index (χ1v) is 6.96. The van der Waals surface area contributed by atoms with E-state index in [0.717, 1.165) is 4.47 Å². The van der Waals surface area contributed by atoms with Crippen molar-refractivity contribution in [1.29, 1.82) is 0 Å². The normalized spacial score (nSPS) is 11.8. The fourth-order valence-electron chi connectivity index (χ4n) is 1.53. The Bertz CT molecular complexity index is 426. The Kier molecular flexibility index (Phi) is 6.66. The summed E-state index contributed by atoms with van der Waals surface area (Å²) in [5.74, 6) is 0.621. The number of ether oxygens (including phenoxy) is 1. The summed E-state index contributed by atoms with van der Waals surface area (Å²) in [6.45, 7) is 4.29. The van der Waals surface area contributed by atoms with Crippen LogP contribution in [-0.2, 0) is 0 Å². The van der Waals surface area contributed by atoms with Crippen LogP contribution in [-0.4, -0.2) is 30.4 Å². The number of aliphatic hydroxyl groups is 1. The fraction of sp³-hybridized carbons (Fsp3) is 0.462. The maximum Gasteiger partial charge on any atom is 0.319 e. The Labute approximate surface area is 121 Å². The zero-order chi connectivity index (χ0) is 14.3. The molecule has 0 aliphatic heterocycles. The van der Waals surface area contributed by atoms with Crippen molar-refractivity contribution in [3.8, 4) is 5.75 Å². The van der Waals surface area contributed by atoms with E-state index in [-0.39, 0.29) is 18.7 Å². The second kappa shape index (κ2) is 8.01. The van der Waals surface area contributed by atoms with Crippen LogP contribution in [0.15, 0.2) is 22.7 Å². The SMILES string of the molecule is CCOc1ccc(Br)cc1NC(=O)NC(C)CCO. The highest BCUT2D eigenvalue weighted by molar-refractivity contribution is 9.10. The summed E-state index contributed by atoms with van der Waals surface area (Å²) in [4.78, 5) is 11.8. The van der Waals surface area contributed by atoms with Gasteiger partial charge in [0.15, 0.2) is 0 Å². The van der Waals surface area contributed by atoms with Crippen LogP contribution in [0.5, 0.6) is 5.75 Å². The molecule has 0 aliphatic rings. The van der Waals surface area contributed by atoms with E-state index >= 15 is 0 Å². The molecule has 0 spiro atoms. The maximum absolute atomic E-state index is 11.8. The van der Waals surface area contributed by atoms with Crippen molar-refractivity contribution in [2.45, 2.75) is 26.3 Å². The molecule has 0 saturated carbocycles. The molecule has 1 atom stereocenters. The van der Waals surface area contributed by atoms with Gasteiger partial charge >= 0.3 is 6.03 Å². The number of anilines is 1. The lowest BCUT2D eigenvalue weighted by Crippen LogP contribution is -2.36. The first-order chi connectivity index (χ1) is 9.06. The number of urea groups is 1. The van der Waals surface area contributed by atoms with Gasteiger partial charge in [0.05, 0.1) is 12.3 Å². The van der Waals surface area contributed by atoms with Gasteiger partial charge < -0.3 is 20.5 Å². The molecular formula is C13H19BrN2O3. The summed E-state index contributed by atoms with van der Waals surface area (Å²) < 4.78 is 6.30. The third kappa shape index (κ3) is 5.48. The summed E-state index contributed by atoms with van der Waals surface area (Å²) in [6.07, 6.45) is 0.518. The van der Waals surface area contributed by atoms with Crippen LogP contribution >= 0.6 is 15.9 Å². The lowest BCUT2D eigenvalue weighted by Gasteiger charge is -2.15. The van der Waals surface area contributed by atoms with E-state index < -0.39 is 0 Å². The summed E-state index contributed by atoms with van der Waals surface area (Å²) >= 11 is 3.35. The largest absolute Gasteiger partial charge is 0.492 e. The molecule has 0 saturated heterocycles. The van der Waals surface area contributed by atoms with E-state index in [9.17, 15) is 4.79 Å². The highest BCUT2D eigenvalue weighted by Gasteiger charge is 2.10.